The molecule has 18 heavy (non-hydrogen) atoms. The minimum absolute atomic E-state index is 0.138. The second-order valence-electron chi connectivity index (χ2n) is 5.14. The minimum atomic E-state index is -0.773. The molecule has 2 heterocycles. The molecule has 0 saturated carbocycles. The van der Waals surface area contributed by atoms with Crippen LogP contribution in [0.5, 0.6) is 0 Å². The van der Waals surface area contributed by atoms with Gasteiger partial charge in [0.05, 0.1) is 13.0 Å². The molecule has 2 saturated heterocycles. The Morgan fingerprint density at radius 1 is 1.22 bits per heavy atom. The molecule has 2 fully saturated rings. The maximum Gasteiger partial charge on any atom is 0.303 e. The summed E-state index contributed by atoms with van der Waals surface area (Å²) in [6.45, 7) is 5.53. The zero-order valence-electron chi connectivity index (χ0n) is 10.6. The highest BCUT2D eigenvalue weighted by molar-refractivity contribution is 5.79. The van der Waals surface area contributed by atoms with Gasteiger partial charge in [0.1, 0.15) is 0 Å². The first-order valence-electron chi connectivity index (χ1n) is 6.58. The van der Waals surface area contributed by atoms with Crippen molar-refractivity contribution in [3.8, 4) is 0 Å². The summed E-state index contributed by atoms with van der Waals surface area (Å²) in [5.41, 5.74) is 0. The topological polar surface area (TPSA) is 72.9 Å². The summed E-state index contributed by atoms with van der Waals surface area (Å²) in [7, 11) is 0. The lowest BCUT2D eigenvalue weighted by Crippen LogP contribution is -2.53. The van der Waals surface area contributed by atoms with E-state index in [9.17, 15) is 9.59 Å². The third-order valence-corrected chi connectivity index (χ3v) is 3.56. The van der Waals surface area contributed by atoms with Crippen molar-refractivity contribution in [2.24, 2.45) is 5.92 Å². The largest absolute Gasteiger partial charge is 0.481 e. The van der Waals surface area contributed by atoms with Crippen molar-refractivity contribution in [3.63, 3.8) is 0 Å². The van der Waals surface area contributed by atoms with Crippen molar-refractivity contribution in [1.82, 2.24) is 15.1 Å². The van der Waals surface area contributed by atoms with Crippen LogP contribution in [0.4, 0.5) is 0 Å². The second kappa shape index (κ2) is 6.15. The molecule has 0 aromatic carbocycles. The smallest absolute Gasteiger partial charge is 0.303 e. The van der Waals surface area contributed by atoms with Gasteiger partial charge in [-0.2, -0.15) is 0 Å². The Bertz CT molecular complexity index is 308. The van der Waals surface area contributed by atoms with Crippen LogP contribution in [0.3, 0.4) is 0 Å². The van der Waals surface area contributed by atoms with Crippen LogP contribution < -0.4 is 5.32 Å². The molecular formula is C12H21N3O3. The van der Waals surface area contributed by atoms with Crippen molar-refractivity contribution < 1.29 is 14.7 Å². The Balaban J connectivity index is 1.68. The predicted molar refractivity (Wildman–Crippen MR) is 66.2 cm³/mol. The Morgan fingerprint density at radius 2 is 2.00 bits per heavy atom. The van der Waals surface area contributed by atoms with E-state index in [4.69, 9.17) is 5.11 Å². The number of nitrogens with one attached hydrogen (secondary N) is 1. The number of rotatable bonds is 4. The monoisotopic (exact) mass is 255 g/mol. The van der Waals surface area contributed by atoms with Crippen molar-refractivity contribution >= 4 is 11.9 Å². The number of carbonyl (C=O) groups is 2. The van der Waals surface area contributed by atoms with Gasteiger partial charge in [0, 0.05) is 32.1 Å². The fourth-order valence-electron chi connectivity index (χ4n) is 2.50. The molecule has 2 rings (SSSR count). The van der Waals surface area contributed by atoms with Crippen LogP contribution in [-0.4, -0.2) is 72.6 Å². The van der Waals surface area contributed by atoms with Crippen molar-refractivity contribution in [1.29, 1.82) is 0 Å². The van der Waals surface area contributed by atoms with Crippen LogP contribution in [0.2, 0.25) is 0 Å². The summed E-state index contributed by atoms with van der Waals surface area (Å²) in [6, 6.07) is 0. The van der Waals surface area contributed by atoms with E-state index >= 15 is 0 Å². The quantitative estimate of drug-likeness (QED) is 0.689. The van der Waals surface area contributed by atoms with Gasteiger partial charge >= 0.3 is 5.97 Å². The fraction of sp³-hybridized carbons (Fsp3) is 0.833. The van der Waals surface area contributed by atoms with Gasteiger partial charge in [0.2, 0.25) is 5.91 Å². The molecule has 0 unspecified atom stereocenters. The zero-order valence-corrected chi connectivity index (χ0v) is 10.6. The highest BCUT2D eigenvalue weighted by atomic mass is 16.4. The van der Waals surface area contributed by atoms with Crippen LogP contribution in [0, 0.1) is 5.92 Å². The van der Waals surface area contributed by atoms with E-state index < -0.39 is 5.97 Å². The van der Waals surface area contributed by atoms with Crippen molar-refractivity contribution in [2.75, 3.05) is 45.8 Å². The third-order valence-electron chi connectivity index (χ3n) is 3.56. The van der Waals surface area contributed by atoms with E-state index in [1.54, 1.807) is 4.90 Å². The lowest BCUT2D eigenvalue weighted by atomic mass is 9.96. The van der Waals surface area contributed by atoms with Gasteiger partial charge in [-0.1, -0.05) is 0 Å². The molecule has 0 spiro atoms. The van der Waals surface area contributed by atoms with E-state index in [0.29, 0.717) is 19.6 Å². The first kappa shape index (κ1) is 13.3. The van der Waals surface area contributed by atoms with Crippen LogP contribution in [0.15, 0.2) is 0 Å². The Kier molecular flexibility index (Phi) is 4.54. The summed E-state index contributed by atoms with van der Waals surface area (Å²) in [4.78, 5) is 26.4. The number of hydrogen-bond acceptors (Lipinski definition) is 4. The number of carboxylic acid groups (broad SMARTS) is 1. The van der Waals surface area contributed by atoms with Crippen molar-refractivity contribution in [3.05, 3.63) is 0 Å². The van der Waals surface area contributed by atoms with Crippen LogP contribution in [0.1, 0.15) is 12.8 Å². The van der Waals surface area contributed by atoms with E-state index in [1.807, 2.05) is 0 Å². The lowest BCUT2D eigenvalue weighted by molar-refractivity contribution is -0.145. The summed E-state index contributed by atoms with van der Waals surface area (Å²) >= 11 is 0. The fourth-order valence-corrected chi connectivity index (χ4v) is 2.50. The van der Waals surface area contributed by atoms with E-state index in [-0.39, 0.29) is 18.2 Å². The molecule has 0 bridgehead atoms. The summed E-state index contributed by atoms with van der Waals surface area (Å²) < 4.78 is 0. The zero-order chi connectivity index (χ0) is 13.0. The summed E-state index contributed by atoms with van der Waals surface area (Å²) in [5.74, 6) is -0.485. The maximum atomic E-state index is 12.0. The van der Waals surface area contributed by atoms with Gasteiger partial charge in [-0.3, -0.25) is 14.5 Å². The predicted octanol–water partition coefficient (Wildman–Crippen LogP) is -0.785. The highest BCUT2D eigenvalue weighted by Crippen LogP contribution is 2.19. The Hall–Kier alpha value is -1.14. The molecule has 0 aromatic heterocycles. The van der Waals surface area contributed by atoms with E-state index in [0.717, 1.165) is 32.6 Å². The van der Waals surface area contributed by atoms with Gasteiger partial charge in [-0.15, -0.1) is 0 Å². The van der Waals surface area contributed by atoms with Gasteiger partial charge in [-0.05, 0) is 19.5 Å². The van der Waals surface area contributed by atoms with Crippen LogP contribution in [-0.2, 0) is 9.59 Å². The van der Waals surface area contributed by atoms with Gasteiger partial charge in [0.25, 0.3) is 0 Å². The summed E-state index contributed by atoms with van der Waals surface area (Å²) in [5, 5.41) is 12.0. The average molecular weight is 255 g/mol. The SMILES string of the molecule is O=C(O)CC1CN(C(=O)CN2CCCNCC2)C1. The molecule has 2 N–H and O–H groups in total. The molecule has 102 valence electrons. The number of hydrogen-bond donors (Lipinski definition) is 2. The van der Waals surface area contributed by atoms with Crippen LogP contribution >= 0.6 is 0 Å². The van der Waals surface area contributed by atoms with E-state index in [1.165, 1.54) is 0 Å². The molecule has 0 aromatic rings. The number of nitrogens with zero attached hydrogens (tertiary/aromatic N) is 2. The molecule has 0 aliphatic carbocycles. The first-order valence-corrected chi connectivity index (χ1v) is 6.58. The Morgan fingerprint density at radius 3 is 2.72 bits per heavy atom. The number of carbonyl (C=O) groups excluding carboxylic acids is 1. The average Bonchev–Trinajstić information content (AvgIpc) is 2.50. The van der Waals surface area contributed by atoms with Gasteiger partial charge in [-0.25, -0.2) is 0 Å². The number of likely N-dealkylation sites (tertiary alicyclic amines) is 1. The third kappa shape index (κ3) is 3.68. The second-order valence-corrected chi connectivity index (χ2v) is 5.14. The molecule has 2 aliphatic rings. The van der Waals surface area contributed by atoms with E-state index in [2.05, 4.69) is 10.2 Å². The first-order chi connectivity index (χ1) is 8.65. The molecule has 6 heteroatoms. The summed E-state index contributed by atoms with van der Waals surface area (Å²) in [6.07, 6.45) is 1.26. The van der Waals surface area contributed by atoms with Crippen LogP contribution in [0.25, 0.3) is 0 Å². The minimum Gasteiger partial charge on any atom is -0.481 e. The number of carboxylic acids is 1. The van der Waals surface area contributed by atoms with Crippen molar-refractivity contribution in [2.45, 2.75) is 12.8 Å². The highest BCUT2D eigenvalue weighted by Gasteiger charge is 2.32. The Labute approximate surface area is 107 Å². The number of amides is 1. The molecule has 0 radical (unpaired) electrons. The molecule has 1 amide bonds. The maximum absolute atomic E-state index is 12.0. The van der Waals surface area contributed by atoms with Gasteiger partial charge < -0.3 is 15.3 Å². The molecule has 6 nitrogen and oxygen atoms in total. The molecular weight excluding hydrogens is 234 g/mol. The van der Waals surface area contributed by atoms with Gasteiger partial charge in [0.15, 0.2) is 0 Å². The molecule has 2 aliphatic heterocycles. The lowest BCUT2D eigenvalue weighted by Gasteiger charge is -2.39. The number of aliphatic carboxylic acids is 1. The normalized spacial score (nSPS) is 22.3. The standard InChI is InChI=1S/C12H21N3O3/c16-11(9-14-4-1-2-13-3-5-14)15-7-10(8-15)6-12(17)18/h10,13H,1-9H2,(H,17,18). The molecule has 0 atom stereocenters.